The second-order valence-corrected chi connectivity index (χ2v) is 8.75. The predicted molar refractivity (Wildman–Crippen MR) is 121 cm³/mol. The molecule has 4 aromatic rings. The average molecular weight is 444 g/mol. The smallest absolute Gasteiger partial charge is 0.171 e. The highest BCUT2D eigenvalue weighted by Crippen LogP contribution is 2.31. The number of anilines is 2. The number of hydrogen-bond donors (Lipinski definition) is 1. The molecule has 0 unspecified atom stereocenters. The normalized spacial score (nSPS) is 11.0. The van der Waals surface area contributed by atoms with Crippen molar-refractivity contribution in [1.82, 2.24) is 19.7 Å². The third-order valence-corrected chi connectivity index (χ3v) is 5.95. The number of aryl methyl sites for hydroxylation is 1. The minimum absolute atomic E-state index is 0.636. The van der Waals surface area contributed by atoms with Gasteiger partial charge >= 0.3 is 0 Å². The topological polar surface area (TPSA) is 55.6 Å². The Hall–Kier alpha value is -2.41. The van der Waals surface area contributed by atoms with Gasteiger partial charge in [0.1, 0.15) is 5.82 Å². The lowest BCUT2D eigenvalue weighted by molar-refractivity contribution is 0.687. The number of benzene rings is 1. The van der Waals surface area contributed by atoms with Crippen LogP contribution in [0.2, 0.25) is 9.36 Å². The predicted octanol–water partition coefficient (Wildman–Crippen LogP) is 6.37. The summed E-state index contributed by atoms with van der Waals surface area (Å²) in [6.07, 6.45) is 4.29. The number of nitrogens with zero attached hydrogens (tertiary/aromatic N) is 4. The zero-order valence-corrected chi connectivity index (χ0v) is 18.3. The van der Waals surface area contributed by atoms with E-state index in [0.717, 1.165) is 44.0 Å². The molecule has 29 heavy (non-hydrogen) atoms. The van der Waals surface area contributed by atoms with Crippen molar-refractivity contribution in [2.24, 2.45) is 0 Å². The fourth-order valence-electron chi connectivity index (χ4n) is 3.11. The molecule has 3 heterocycles. The summed E-state index contributed by atoms with van der Waals surface area (Å²) in [4.78, 5) is 10.4. The Morgan fingerprint density at radius 2 is 1.86 bits per heavy atom. The molecule has 0 fully saturated rings. The van der Waals surface area contributed by atoms with Crippen LogP contribution >= 0.6 is 34.5 Å². The van der Waals surface area contributed by atoms with E-state index in [2.05, 4.69) is 34.5 Å². The Kier molecular flexibility index (Phi) is 5.85. The third-order valence-electron chi connectivity index (χ3n) is 4.52. The first-order chi connectivity index (χ1) is 14.0. The summed E-state index contributed by atoms with van der Waals surface area (Å²) in [5.74, 6) is 1.51. The van der Waals surface area contributed by atoms with E-state index in [1.807, 2.05) is 42.1 Å². The molecule has 0 aliphatic rings. The quantitative estimate of drug-likeness (QED) is 0.375. The Labute approximate surface area is 183 Å². The first-order valence-electron chi connectivity index (χ1n) is 9.19. The molecular weight excluding hydrogens is 425 g/mol. The van der Waals surface area contributed by atoms with Gasteiger partial charge in [-0.2, -0.15) is 5.10 Å². The summed E-state index contributed by atoms with van der Waals surface area (Å²) in [5, 5.41) is 8.31. The van der Waals surface area contributed by atoms with E-state index >= 15 is 0 Å². The summed E-state index contributed by atoms with van der Waals surface area (Å²) < 4.78 is 2.54. The maximum Gasteiger partial charge on any atom is 0.171 e. The van der Waals surface area contributed by atoms with Crippen LogP contribution in [0.3, 0.4) is 0 Å². The van der Waals surface area contributed by atoms with Crippen LogP contribution in [0.25, 0.3) is 10.7 Å². The average Bonchev–Trinajstić information content (AvgIpc) is 3.31. The van der Waals surface area contributed by atoms with E-state index < -0.39 is 0 Å². The van der Waals surface area contributed by atoms with Gasteiger partial charge in [-0.05, 0) is 43.2 Å². The standard InChI is InChI=1S/C21H19Cl2N5S/c1-3-17-13(2)25-21(18-8-9-19(23)29-18)27-20(17)26-16-6-4-14(5-7-16)11-28-12-15(22)10-24-28/h4-10,12H,3,11H2,1-2H3,(H,25,26,27). The highest BCUT2D eigenvalue weighted by molar-refractivity contribution is 7.19. The molecule has 148 valence electrons. The van der Waals surface area contributed by atoms with Gasteiger partial charge in [0.25, 0.3) is 0 Å². The van der Waals surface area contributed by atoms with Crippen LogP contribution in [0, 0.1) is 6.92 Å². The molecule has 0 atom stereocenters. The molecule has 0 spiro atoms. The van der Waals surface area contributed by atoms with Crippen LogP contribution < -0.4 is 5.32 Å². The van der Waals surface area contributed by atoms with Gasteiger partial charge in [0, 0.05) is 23.1 Å². The molecule has 0 saturated heterocycles. The van der Waals surface area contributed by atoms with Gasteiger partial charge in [0.05, 0.1) is 27.0 Å². The number of nitrogens with one attached hydrogen (secondary N) is 1. The molecule has 1 N–H and O–H groups in total. The molecular formula is C21H19Cl2N5S. The van der Waals surface area contributed by atoms with Gasteiger partial charge in [-0.25, -0.2) is 9.97 Å². The minimum Gasteiger partial charge on any atom is -0.340 e. The second-order valence-electron chi connectivity index (χ2n) is 6.60. The van der Waals surface area contributed by atoms with E-state index in [9.17, 15) is 0 Å². The highest BCUT2D eigenvalue weighted by atomic mass is 35.5. The third kappa shape index (κ3) is 4.61. The summed E-state index contributed by atoms with van der Waals surface area (Å²) in [6.45, 7) is 4.79. The van der Waals surface area contributed by atoms with Gasteiger partial charge < -0.3 is 5.32 Å². The van der Waals surface area contributed by atoms with Crippen LogP contribution in [0.15, 0.2) is 48.8 Å². The molecule has 0 radical (unpaired) electrons. The maximum atomic E-state index is 6.09. The van der Waals surface area contributed by atoms with Gasteiger partial charge in [-0.1, -0.05) is 42.3 Å². The van der Waals surface area contributed by atoms with Crippen LogP contribution in [0.5, 0.6) is 0 Å². The summed E-state index contributed by atoms with van der Waals surface area (Å²) >= 11 is 13.5. The molecule has 0 aliphatic carbocycles. The lowest BCUT2D eigenvalue weighted by Crippen LogP contribution is -2.05. The van der Waals surface area contributed by atoms with E-state index in [1.165, 1.54) is 11.3 Å². The summed E-state index contributed by atoms with van der Waals surface area (Å²) in [6, 6.07) is 12.0. The zero-order valence-electron chi connectivity index (χ0n) is 16.0. The van der Waals surface area contributed by atoms with Gasteiger partial charge in [0.15, 0.2) is 5.82 Å². The van der Waals surface area contributed by atoms with Crippen molar-refractivity contribution in [3.05, 3.63) is 75.0 Å². The van der Waals surface area contributed by atoms with Crippen molar-refractivity contribution in [3.63, 3.8) is 0 Å². The highest BCUT2D eigenvalue weighted by Gasteiger charge is 2.13. The van der Waals surface area contributed by atoms with E-state index in [0.29, 0.717) is 17.4 Å². The molecule has 0 saturated carbocycles. The number of halogens is 2. The van der Waals surface area contributed by atoms with Crippen LogP contribution in [-0.4, -0.2) is 19.7 Å². The maximum absolute atomic E-state index is 6.09. The Balaban J connectivity index is 1.58. The fraction of sp³-hybridized carbons (Fsp3) is 0.190. The van der Waals surface area contributed by atoms with Gasteiger partial charge in [-0.15, -0.1) is 11.3 Å². The lowest BCUT2D eigenvalue weighted by Gasteiger charge is -2.14. The number of thiophene rings is 1. The largest absolute Gasteiger partial charge is 0.340 e. The molecule has 5 nitrogen and oxygen atoms in total. The van der Waals surface area contributed by atoms with Crippen molar-refractivity contribution < 1.29 is 0 Å². The SMILES string of the molecule is CCc1c(C)nc(-c2ccc(Cl)s2)nc1Nc1ccc(Cn2cc(Cl)cn2)cc1. The first-order valence-corrected chi connectivity index (χ1v) is 10.8. The minimum atomic E-state index is 0.636. The number of rotatable bonds is 6. The number of hydrogen-bond acceptors (Lipinski definition) is 5. The Bertz CT molecular complexity index is 1130. The Morgan fingerprint density at radius 1 is 1.07 bits per heavy atom. The van der Waals surface area contributed by atoms with E-state index in [1.54, 1.807) is 6.20 Å². The van der Waals surface area contributed by atoms with Crippen LogP contribution in [-0.2, 0) is 13.0 Å². The lowest BCUT2D eigenvalue weighted by atomic mass is 10.1. The van der Waals surface area contributed by atoms with Gasteiger partial charge in [0.2, 0.25) is 0 Å². The molecule has 0 aliphatic heterocycles. The van der Waals surface area contributed by atoms with Crippen molar-refractivity contribution in [1.29, 1.82) is 0 Å². The molecule has 1 aromatic carbocycles. The van der Waals surface area contributed by atoms with Crippen molar-refractivity contribution in [3.8, 4) is 10.7 Å². The summed E-state index contributed by atoms with van der Waals surface area (Å²) in [7, 11) is 0. The van der Waals surface area contributed by atoms with E-state index in [4.69, 9.17) is 28.2 Å². The number of aromatic nitrogens is 4. The van der Waals surface area contributed by atoms with Crippen molar-refractivity contribution >= 4 is 46.0 Å². The molecule has 0 amide bonds. The molecule has 4 rings (SSSR count). The monoisotopic (exact) mass is 443 g/mol. The van der Waals surface area contributed by atoms with E-state index in [-0.39, 0.29) is 0 Å². The van der Waals surface area contributed by atoms with Crippen molar-refractivity contribution in [2.45, 2.75) is 26.8 Å². The molecule has 3 aromatic heterocycles. The first kappa shape index (κ1) is 19.9. The van der Waals surface area contributed by atoms with Gasteiger partial charge in [-0.3, -0.25) is 4.68 Å². The second kappa shape index (κ2) is 8.53. The fourth-order valence-corrected chi connectivity index (χ4v) is 4.24. The van der Waals surface area contributed by atoms with Crippen LogP contribution in [0.1, 0.15) is 23.7 Å². The van der Waals surface area contributed by atoms with Crippen LogP contribution in [0.4, 0.5) is 11.5 Å². The zero-order chi connectivity index (χ0) is 20.4. The Morgan fingerprint density at radius 3 is 2.48 bits per heavy atom. The molecule has 0 bridgehead atoms. The van der Waals surface area contributed by atoms with Crippen molar-refractivity contribution in [2.75, 3.05) is 5.32 Å². The summed E-state index contributed by atoms with van der Waals surface area (Å²) in [5.41, 5.74) is 4.18. The molecule has 8 heteroatoms.